The van der Waals surface area contributed by atoms with Crippen LogP contribution in [0.1, 0.15) is 15.9 Å². The standard InChI is InChI=1S/C17H11F3N2O4/c18-17(19,20)13-5-8(15(21)24)1-3-10(13)12-7-22(16(25)26)14-4-2-9(23)6-11(12)14/h1-7,23H,(H2,21,24)(H,25,26). The van der Waals surface area contributed by atoms with Crippen LogP contribution < -0.4 is 5.73 Å². The van der Waals surface area contributed by atoms with Crippen molar-refractivity contribution in [2.45, 2.75) is 6.18 Å². The lowest BCUT2D eigenvalue weighted by Crippen LogP contribution is -2.14. The number of carbonyl (C=O) groups is 2. The zero-order chi connectivity index (χ0) is 19.2. The first-order chi connectivity index (χ1) is 12.1. The van der Waals surface area contributed by atoms with Crippen LogP contribution in [0, 0.1) is 0 Å². The molecule has 0 unspecified atom stereocenters. The summed E-state index contributed by atoms with van der Waals surface area (Å²) >= 11 is 0. The van der Waals surface area contributed by atoms with Crippen LogP contribution in [0.2, 0.25) is 0 Å². The molecule has 0 aliphatic carbocycles. The number of aromatic nitrogens is 1. The quantitative estimate of drug-likeness (QED) is 0.645. The fraction of sp³-hybridized carbons (Fsp3) is 0.0588. The smallest absolute Gasteiger partial charge is 0.417 e. The topological polar surface area (TPSA) is 106 Å². The Balaban J connectivity index is 2.38. The molecule has 0 bridgehead atoms. The van der Waals surface area contributed by atoms with Crippen molar-refractivity contribution in [2.75, 3.05) is 0 Å². The molecule has 0 atom stereocenters. The molecule has 0 fully saturated rings. The highest BCUT2D eigenvalue weighted by Gasteiger charge is 2.35. The number of carboxylic acid groups (broad SMARTS) is 1. The largest absolute Gasteiger partial charge is 0.508 e. The molecule has 1 amide bonds. The van der Waals surface area contributed by atoms with Gasteiger partial charge in [0, 0.05) is 22.7 Å². The van der Waals surface area contributed by atoms with Gasteiger partial charge in [0.15, 0.2) is 0 Å². The molecular formula is C17H11F3N2O4. The van der Waals surface area contributed by atoms with Crippen LogP contribution in [0.15, 0.2) is 42.6 Å². The Bertz CT molecular complexity index is 1050. The number of halogens is 3. The van der Waals surface area contributed by atoms with E-state index in [4.69, 9.17) is 5.73 Å². The third-order valence-electron chi connectivity index (χ3n) is 3.89. The Morgan fingerprint density at radius 3 is 2.31 bits per heavy atom. The highest BCUT2D eigenvalue weighted by molar-refractivity contribution is 6.02. The maximum atomic E-state index is 13.5. The predicted molar refractivity (Wildman–Crippen MR) is 86.0 cm³/mol. The average molecular weight is 364 g/mol. The van der Waals surface area contributed by atoms with E-state index in [2.05, 4.69) is 0 Å². The lowest BCUT2D eigenvalue weighted by Gasteiger charge is -2.13. The Hall–Kier alpha value is -3.49. The fourth-order valence-corrected chi connectivity index (χ4v) is 2.76. The Morgan fingerprint density at radius 1 is 1.04 bits per heavy atom. The minimum Gasteiger partial charge on any atom is -0.508 e. The molecule has 26 heavy (non-hydrogen) atoms. The molecule has 2 aromatic carbocycles. The van der Waals surface area contributed by atoms with Gasteiger partial charge in [-0.3, -0.25) is 9.36 Å². The number of alkyl halides is 3. The van der Waals surface area contributed by atoms with Crippen molar-refractivity contribution < 1.29 is 33.0 Å². The van der Waals surface area contributed by atoms with Gasteiger partial charge in [-0.25, -0.2) is 4.79 Å². The molecule has 1 heterocycles. The van der Waals surface area contributed by atoms with Crippen molar-refractivity contribution in [1.82, 2.24) is 4.57 Å². The molecule has 0 radical (unpaired) electrons. The van der Waals surface area contributed by atoms with E-state index < -0.39 is 23.7 Å². The summed E-state index contributed by atoms with van der Waals surface area (Å²) in [6, 6.07) is 6.48. The summed E-state index contributed by atoms with van der Waals surface area (Å²) in [6.07, 6.45) is -5.18. The zero-order valence-electron chi connectivity index (χ0n) is 12.9. The molecule has 0 saturated heterocycles. The summed E-state index contributed by atoms with van der Waals surface area (Å²) < 4.78 is 41.2. The Labute approximate surface area is 143 Å². The minimum absolute atomic E-state index is 0.0540. The second kappa shape index (κ2) is 5.80. The normalized spacial score (nSPS) is 11.7. The fourth-order valence-electron chi connectivity index (χ4n) is 2.76. The summed E-state index contributed by atoms with van der Waals surface area (Å²) in [5, 5.41) is 19.0. The van der Waals surface area contributed by atoms with E-state index in [0.29, 0.717) is 6.07 Å². The first-order valence-electron chi connectivity index (χ1n) is 7.18. The van der Waals surface area contributed by atoms with Crippen molar-refractivity contribution in [3.8, 4) is 16.9 Å². The van der Waals surface area contributed by atoms with Crippen LogP contribution in [0.4, 0.5) is 18.0 Å². The summed E-state index contributed by atoms with van der Waals surface area (Å²) in [4.78, 5) is 22.6. The summed E-state index contributed by atoms with van der Waals surface area (Å²) in [6.45, 7) is 0. The Kier molecular flexibility index (Phi) is 3.87. The number of fused-ring (bicyclic) bond motifs is 1. The van der Waals surface area contributed by atoms with E-state index in [-0.39, 0.29) is 33.3 Å². The number of primary amides is 1. The van der Waals surface area contributed by atoms with Gasteiger partial charge in [-0.2, -0.15) is 13.2 Å². The second-order valence-corrected chi connectivity index (χ2v) is 5.52. The number of hydrogen-bond acceptors (Lipinski definition) is 3. The van der Waals surface area contributed by atoms with Crippen molar-refractivity contribution in [3.05, 3.63) is 53.7 Å². The van der Waals surface area contributed by atoms with Crippen LogP contribution >= 0.6 is 0 Å². The van der Waals surface area contributed by atoms with Gasteiger partial charge in [-0.05, 0) is 35.9 Å². The van der Waals surface area contributed by atoms with Gasteiger partial charge >= 0.3 is 12.3 Å². The molecule has 3 aromatic rings. The van der Waals surface area contributed by atoms with Gasteiger partial charge < -0.3 is 15.9 Å². The predicted octanol–water partition coefficient (Wildman–Crippen LogP) is 3.66. The highest BCUT2D eigenvalue weighted by atomic mass is 19.4. The molecule has 6 nitrogen and oxygen atoms in total. The molecule has 3 rings (SSSR count). The lowest BCUT2D eigenvalue weighted by molar-refractivity contribution is -0.137. The zero-order valence-corrected chi connectivity index (χ0v) is 12.9. The number of phenols is 1. The molecule has 0 aliphatic heterocycles. The molecule has 0 saturated carbocycles. The molecule has 9 heteroatoms. The van der Waals surface area contributed by atoms with Crippen LogP contribution in [-0.2, 0) is 6.18 Å². The van der Waals surface area contributed by atoms with Crippen LogP contribution in [0.3, 0.4) is 0 Å². The first-order valence-corrected chi connectivity index (χ1v) is 7.18. The van der Waals surface area contributed by atoms with Crippen molar-refractivity contribution in [1.29, 1.82) is 0 Å². The maximum Gasteiger partial charge on any atom is 0.417 e. The van der Waals surface area contributed by atoms with Gasteiger partial charge in [0.1, 0.15) is 5.75 Å². The molecular weight excluding hydrogens is 353 g/mol. The number of phenolic OH excluding ortho intramolecular Hbond substituents is 1. The van der Waals surface area contributed by atoms with E-state index in [1.165, 1.54) is 18.2 Å². The van der Waals surface area contributed by atoms with Crippen molar-refractivity contribution >= 4 is 22.9 Å². The van der Waals surface area contributed by atoms with Crippen molar-refractivity contribution in [3.63, 3.8) is 0 Å². The third-order valence-corrected chi connectivity index (χ3v) is 3.89. The average Bonchev–Trinajstić information content (AvgIpc) is 2.92. The van der Waals surface area contributed by atoms with E-state index >= 15 is 0 Å². The number of carbonyl (C=O) groups excluding carboxylic acids is 1. The van der Waals surface area contributed by atoms with E-state index in [1.54, 1.807) is 0 Å². The summed E-state index contributed by atoms with van der Waals surface area (Å²) in [7, 11) is 0. The van der Waals surface area contributed by atoms with Gasteiger partial charge in [0.2, 0.25) is 5.91 Å². The number of rotatable bonds is 2. The number of hydrogen-bond donors (Lipinski definition) is 3. The van der Waals surface area contributed by atoms with E-state index in [9.17, 15) is 33.0 Å². The van der Waals surface area contributed by atoms with E-state index in [1.807, 2.05) is 0 Å². The van der Waals surface area contributed by atoms with Crippen LogP contribution in [0.5, 0.6) is 5.75 Å². The number of nitrogens with zero attached hydrogens (tertiary/aromatic N) is 1. The molecule has 1 aromatic heterocycles. The second-order valence-electron chi connectivity index (χ2n) is 5.52. The van der Waals surface area contributed by atoms with Gasteiger partial charge in [-0.1, -0.05) is 6.07 Å². The van der Waals surface area contributed by atoms with E-state index in [0.717, 1.165) is 22.9 Å². The molecule has 134 valence electrons. The van der Waals surface area contributed by atoms with Gasteiger partial charge in [0.05, 0.1) is 11.1 Å². The van der Waals surface area contributed by atoms with Gasteiger partial charge in [0.25, 0.3) is 0 Å². The molecule has 4 N–H and O–H groups in total. The van der Waals surface area contributed by atoms with Crippen LogP contribution in [-0.4, -0.2) is 26.8 Å². The lowest BCUT2D eigenvalue weighted by atomic mass is 9.96. The number of benzene rings is 2. The van der Waals surface area contributed by atoms with Crippen molar-refractivity contribution in [2.24, 2.45) is 5.73 Å². The molecule has 0 aliphatic rings. The van der Waals surface area contributed by atoms with Crippen LogP contribution in [0.25, 0.3) is 22.0 Å². The highest BCUT2D eigenvalue weighted by Crippen LogP contribution is 2.41. The third kappa shape index (κ3) is 2.83. The summed E-state index contributed by atoms with van der Waals surface area (Å²) in [5.74, 6) is -1.25. The Morgan fingerprint density at radius 2 is 1.73 bits per heavy atom. The molecule has 0 spiro atoms. The SMILES string of the molecule is NC(=O)c1ccc(-c2cn(C(=O)O)c3ccc(O)cc23)c(C(F)(F)F)c1. The summed E-state index contributed by atoms with van der Waals surface area (Å²) in [5.41, 5.74) is 3.30. The first kappa shape index (κ1) is 17.3. The number of nitrogens with two attached hydrogens (primary N) is 1. The number of aromatic hydroxyl groups is 1. The minimum atomic E-state index is -4.81. The van der Waals surface area contributed by atoms with Gasteiger partial charge in [-0.15, -0.1) is 0 Å². The maximum absolute atomic E-state index is 13.5. The number of amides is 1. The monoisotopic (exact) mass is 364 g/mol.